The summed E-state index contributed by atoms with van der Waals surface area (Å²) < 4.78 is 0. The van der Waals surface area contributed by atoms with E-state index in [4.69, 9.17) is 0 Å². The maximum absolute atomic E-state index is 13.1. The highest BCUT2D eigenvalue weighted by atomic mass is 16.2. The summed E-state index contributed by atoms with van der Waals surface area (Å²) in [5, 5.41) is 2.86. The smallest absolute Gasteiger partial charge is 0.226 e. The Hall–Kier alpha value is -2.18. The Kier molecular flexibility index (Phi) is 6.41. The van der Waals surface area contributed by atoms with E-state index in [0.717, 1.165) is 57.6 Å². The van der Waals surface area contributed by atoms with Gasteiger partial charge in [-0.15, -0.1) is 0 Å². The summed E-state index contributed by atoms with van der Waals surface area (Å²) in [6.45, 7) is 4.99. The molecule has 1 aromatic heterocycles. The van der Waals surface area contributed by atoms with Crippen molar-refractivity contribution in [2.75, 3.05) is 31.1 Å². The van der Waals surface area contributed by atoms with Gasteiger partial charge in [-0.1, -0.05) is 0 Å². The second-order valence-electron chi connectivity index (χ2n) is 7.16. The maximum atomic E-state index is 13.1. The Labute approximate surface area is 155 Å². The zero-order valence-electron chi connectivity index (χ0n) is 15.6. The molecule has 1 N–H and O–H groups in total. The van der Waals surface area contributed by atoms with Gasteiger partial charge in [0.15, 0.2) is 0 Å². The minimum Gasteiger partial charge on any atom is -0.356 e. The number of anilines is 1. The van der Waals surface area contributed by atoms with E-state index in [1.807, 2.05) is 11.8 Å². The van der Waals surface area contributed by atoms with Crippen LogP contribution in [0.1, 0.15) is 45.4 Å². The van der Waals surface area contributed by atoms with Crippen molar-refractivity contribution >= 4 is 17.6 Å². The van der Waals surface area contributed by atoms with Crippen LogP contribution in [0.4, 0.5) is 5.82 Å². The van der Waals surface area contributed by atoms with Crippen LogP contribution in [0, 0.1) is 5.92 Å². The van der Waals surface area contributed by atoms with Crippen molar-refractivity contribution in [3.05, 3.63) is 18.6 Å². The van der Waals surface area contributed by atoms with E-state index in [1.54, 1.807) is 18.6 Å². The van der Waals surface area contributed by atoms with Crippen LogP contribution in [0.15, 0.2) is 18.6 Å². The summed E-state index contributed by atoms with van der Waals surface area (Å²) in [6.07, 6.45) is 10.3. The van der Waals surface area contributed by atoms with Crippen LogP contribution >= 0.6 is 0 Å². The second-order valence-corrected chi connectivity index (χ2v) is 7.16. The molecule has 142 valence electrons. The van der Waals surface area contributed by atoms with Crippen LogP contribution in [0.3, 0.4) is 0 Å². The Morgan fingerprint density at radius 1 is 1.15 bits per heavy atom. The predicted molar refractivity (Wildman–Crippen MR) is 99.6 cm³/mol. The van der Waals surface area contributed by atoms with Crippen LogP contribution in [-0.2, 0) is 9.59 Å². The van der Waals surface area contributed by atoms with Crippen LogP contribution in [0.5, 0.6) is 0 Å². The number of likely N-dealkylation sites (tertiary alicyclic amines) is 1. The van der Waals surface area contributed by atoms with Crippen molar-refractivity contribution in [3.63, 3.8) is 0 Å². The average molecular weight is 359 g/mol. The molecule has 7 nitrogen and oxygen atoms in total. The van der Waals surface area contributed by atoms with Gasteiger partial charge in [-0.2, -0.15) is 0 Å². The zero-order chi connectivity index (χ0) is 18.4. The van der Waals surface area contributed by atoms with Crippen LogP contribution < -0.4 is 10.2 Å². The lowest BCUT2D eigenvalue weighted by Crippen LogP contribution is -2.50. The number of carbonyl (C=O) groups is 2. The lowest BCUT2D eigenvalue weighted by molar-refractivity contribution is -0.141. The van der Waals surface area contributed by atoms with Gasteiger partial charge in [0.05, 0.1) is 6.20 Å². The third kappa shape index (κ3) is 4.51. The fourth-order valence-corrected chi connectivity index (χ4v) is 4.03. The summed E-state index contributed by atoms with van der Waals surface area (Å²) in [5.74, 6) is 1.22. The fraction of sp³-hybridized carbons (Fsp3) is 0.684. The first-order valence-electron chi connectivity index (χ1n) is 9.77. The van der Waals surface area contributed by atoms with Gasteiger partial charge in [0, 0.05) is 57.0 Å². The quantitative estimate of drug-likeness (QED) is 0.864. The molecule has 0 saturated carbocycles. The summed E-state index contributed by atoms with van der Waals surface area (Å²) in [7, 11) is 0. The highest BCUT2D eigenvalue weighted by molar-refractivity contribution is 5.81. The molecule has 2 amide bonds. The van der Waals surface area contributed by atoms with E-state index in [-0.39, 0.29) is 23.8 Å². The molecule has 2 aliphatic heterocycles. The number of carbonyl (C=O) groups excluding carboxylic acids is 2. The van der Waals surface area contributed by atoms with Gasteiger partial charge in [-0.25, -0.2) is 4.98 Å². The zero-order valence-corrected chi connectivity index (χ0v) is 15.6. The molecule has 26 heavy (non-hydrogen) atoms. The molecule has 0 aromatic carbocycles. The van der Waals surface area contributed by atoms with Crippen LogP contribution in [0.25, 0.3) is 0 Å². The molecule has 2 aliphatic rings. The molecule has 2 fully saturated rings. The van der Waals surface area contributed by atoms with Crippen molar-refractivity contribution in [1.29, 1.82) is 0 Å². The number of rotatable bonds is 5. The molecule has 0 radical (unpaired) electrons. The van der Waals surface area contributed by atoms with Gasteiger partial charge >= 0.3 is 0 Å². The summed E-state index contributed by atoms with van der Waals surface area (Å²) in [4.78, 5) is 37.7. The van der Waals surface area contributed by atoms with E-state index >= 15 is 0 Å². The Morgan fingerprint density at radius 2 is 1.96 bits per heavy atom. The molecule has 0 spiro atoms. The SMILES string of the molecule is CCNC(=O)CC1CCCCN1C(=O)C1CCN(c2cnccn2)CC1. The lowest BCUT2D eigenvalue weighted by Gasteiger charge is -2.40. The standard InChI is InChI=1S/C19H29N5O2/c1-2-21-18(25)13-16-5-3-4-10-24(16)19(26)15-6-11-23(12-7-15)17-14-20-8-9-22-17/h8-9,14-16H,2-7,10-13H2,1H3,(H,21,25). The first-order chi connectivity index (χ1) is 12.7. The van der Waals surface area contributed by atoms with Gasteiger partial charge in [-0.3, -0.25) is 14.6 Å². The number of amides is 2. The molecule has 0 aliphatic carbocycles. The normalized spacial score (nSPS) is 21.5. The van der Waals surface area contributed by atoms with Crippen molar-refractivity contribution < 1.29 is 9.59 Å². The van der Waals surface area contributed by atoms with E-state index in [2.05, 4.69) is 20.2 Å². The third-order valence-electron chi connectivity index (χ3n) is 5.42. The van der Waals surface area contributed by atoms with Gasteiger partial charge in [0.1, 0.15) is 5.82 Å². The Balaban J connectivity index is 1.56. The molecule has 2 saturated heterocycles. The monoisotopic (exact) mass is 359 g/mol. The fourth-order valence-electron chi connectivity index (χ4n) is 4.03. The van der Waals surface area contributed by atoms with Gasteiger partial charge in [0.2, 0.25) is 11.8 Å². The van der Waals surface area contributed by atoms with E-state index in [9.17, 15) is 9.59 Å². The number of hydrogen-bond donors (Lipinski definition) is 1. The maximum Gasteiger partial charge on any atom is 0.226 e. The topological polar surface area (TPSA) is 78.4 Å². The molecule has 3 heterocycles. The Morgan fingerprint density at radius 3 is 2.65 bits per heavy atom. The Bertz CT molecular complexity index is 601. The highest BCUT2D eigenvalue weighted by Gasteiger charge is 2.34. The molecule has 7 heteroatoms. The first-order valence-corrected chi connectivity index (χ1v) is 9.77. The molecule has 0 bridgehead atoms. The van der Waals surface area contributed by atoms with Gasteiger partial charge in [-0.05, 0) is 39.0 Å². The number of nitrogens with one attached hydrogen (secondary N) is 1. The van der Waals surface area contributed by atoms with E-state index < -0.39 is 0 Å². The molecule has 1 atom stereocenters. The number of nitrogens with zero attached hydrogens (tertiary/aromatic N) is 4. The lowest BCUT2D eigenvalue weighted by atomic mass is 9.91. The first kappa shape index (κ1) is 18.6. The van der Waals surface area contributed by atoms with E-state index in [0.29, 0.717) is 13.0 Å². The van der Waals surface area contributed by atoms with Crippen molar-refractivity contribution in [1.82, 2.24) is 20.2 Å². The van der Waals surface area contributed by atoms with E-state index in [1.165, 1.54) is 0 Å². The highest BCUT2D eigenvalue weighted by Crippen LogP contribution is 2.27. The minimum atomic E-state index is 0.0506. The minimum absolute atomic E-state index is 0.0506. The second kappa shape index (κ2) is 8.96. The molecule has 3 rings (SSSR count). The van der Waals surface area contributed by atoms with Crippen LogP contribution in [0.2, 0.25) is 0 Å². The molecular weight excluding hydrogens is 330 g/mol. The summed E-state index contributed by atoms with van der Waals surface area (Å²) in [6, 6.07) is 0.0563. The summed E-state index contributed by atoms with van der Waals surface area (Å²) in [5.41, 5.74) is 0. The molecule has 1 aromatic rings. The predicted octanol–water partition coefficient (Wildman–Crippen LogP) is 1.60. The van der Waals surface area contributed by atoms with Crippen LogP contribution in [-0.4, -0.2) is 58.9 Å². The van der Waals surface area contributed by atoms with Crippen molar-refractivity contribution in [2.45, 2.75) is 51.5 Å². The largest absolute Gasteiger partial charge is 0.356 e. The number of hydrogen-bond acceptors (Lipinski definition) is 5. The third-order valence-corrected chi connectivity index (χ3v) is 5.42. The van der Waals surface area contributed by atoms with Crippen molar-refractivity contribution in [3.8, 4) is 0 Å². The molecular formula is C19H29N5O2. The summed E-state index contributed by atoms with van der Waals surface area (Å²) >= 11 is 0. The van der Waals surface area contributed by atoms with Crippen molar-refractivity contribution in [2.24, 2.45) is 5.92 Å². The average Bonchev–Trinajstić information content (AvgIpc) is 2.69. The molecule has 1 unspecified atom stereocenters. The van der Waals surface area contributed by atoms with Gasteiger partial charge < -0.3 is 15.1 Å². The number of aromatic nitrogens is 2. The van der Waals surface area contributed by atoms with Gasteiger partial charge in [0.25, 0.3) is 0 Å². The number of piperidine rings is 2.